The van der Waals surface area contributed by atoms with Crippen molar-refractivity contribution in [1.29, 1.82) is 0 Å². The molecule has 1 N–H and O–H groups in total. The van der Waals surface area contributed by atoms with E-state index in [0.29, 0.717) is 24.4 Å². The van der Waals surface area contributed by atoms with Crippen molar-refractivity contribution in [3.8, 4) is 17.0 Å². The van der Waals surface area contributed by atoms with Gasteiger partial charge in [-0.2, -0.15) is 5.10 Å². The van der Waals surface area contributed by atoms with E-state index in [1.165, 1.54) is 17.7 Å². The molecule has 33 heavy (non-hydrogen) atoms. The summed E-state index contributed by atoms with van der Waals surface area (Å²) in [6, 6.07) is 14.8. The lowest BCUT2D eigenvalue weighted by molar-refractivity contribution is 0.208. The maximum absolute atomic E-state index is 13.3. The van der Waals surface area contributed by atoms with Crippen molar-refractivity contribution in [3.05, 3.63) is 89.5 Å². The predicted molar refractivity (Wildman–Crippen MR) is 125 cm³/mol. The van der Waals surface area contributed by atoms with Gasteiger partial charge in [0, 0.05) is 42.3 Å². The number of aryl methyl sites for hydroxylation is 1. The summed E-state index contributed by atoms with van der Waals surface area (Å²) in [5, 5.41) is 7.37. The lowest BCUT2D eigenvalue weighted by Crippen LogP contribution is -2.26. The molecule has 1 aliphatic carbocycles. The van der Waals surface area contributed by atoms with Gasteiger partial charge in [-0.25, -0.2) is 14.4 Å². The molecule has 6 nitrogen and oxygen atoms in total. The molecule has 4 aromatic rings. The third-order valence-electron chi connectivity index (χ3n) is 6.37. The number of halogens is 1. The average Bonchev–Trinajstić information content (AvgIpc) is 3.44. The van der Waals surface area contributed by atoms with Gasteiger partial charge in [0.2, 0.25) is 5.95 Å². The van der Waals surface area contributed by atoms with Gasteiger partial charge in [-0.1, -0.05) is 24.3 Å². The van der Waals surface area contributed by atoms with Crippen LogP contribution in [0.25, 0.3) is 17.3 Å². The SMILES string of the molecule is Cn1nccc1Nc1nccc(-c2cc3c4c(c2)OCC(Cc2ccc(F)cc2)C4C=C3)n1. The van der Waals surface area contributed by atoms with Crippen LogP contribution < -0.4 is 10.1 Å². The van der Waals surface area contributed by atoms with Gasteiger partial charge in [0.05, 0.1) is 18.5 Å². The standard InChI is InChI=1S/C26H22FN5O/c1-32-24(9-11-29-32)31-26-28-10-8-22(30-26)18-13-17-4-7-21-19(15-33-23(14-18)25(17)21)12-16-2-5-20(27)6-3-16/h2-11,13-14,19,21H,12,15H2,1H3,(H,28,30,31). The molecule has 0 bridgehead atoms. The molecule has 3 heterocycles. The molecule has 2 unspecified atom stereocenters. The van der Waals surface area contributed by atoms with E-state index in [-0.39, 0.29) is 5.82 Å². The lowest BCUT2D eigenvalue weighted by Gasteiger charge is -2.31. The van der Waals surface area contributed by atoms with Crippen LogP contribution in [0.5, 0.6) is 5.75 Å². The number of rotatable bonds is 5. The Labute approximate surface area is 190 Å². The molecule has 0 spiro atoms. The van der Waals surface area contributed by atoms with Crippen LogP contribution in [0.2, 0.25) is 0 Å². The van der Waals surface area contributed by atoms with Gasteiger partial charge in [0.25, 0.3) is 0 Å². The highest BCUT2D eigenvalue weighted by Gasteiger charge is 2.34. The first-order valence-corrected chi connectivity index (χ1v) is 11.0. The van der Waals surface area contributed by atoms with Crippen molar-refractivity contribution in [1.82, 2.24) is 19.7 Å². The Morgan fingerprint density at radius 3 is 2.82 bits per heavy atom. The van der Waals surface area contributed by atoms with E-state index in [1.54, 1.807) is 17.1 Å². The molecule has 1 aliphatic heterocycles. The minimum Gasteiger partial charge on any atom is -0.493 e. The zero-order valence-electron chi connectivity index (χ0n) is 18.1. The maximum atomic E-state index is 13.3. The molecular weight excluding hydrogens is 417 g/mol. The van der Waals surface area contributed by atoms with E-state index in [2.05, 4.69) is 39.7 Å². The molecule has 164 valence electrons. The fraction of sp³-hybridized carbons (Fsp3) is 0.192. The van der Waals surface area contributed by atoms with Crippen LogP contribution >= 0.6 is 0 Å². The summed E-state index contributed by atoms with van der Waals surface area (Å²) in [7, 11) is 1.86. The first kappa shape index (κ1) is 19.7. The van der Waals surface area contributed by atoms with Crippen LogP contribution in [0.1, 0.15) is 22.6 Å². The van der Waals surface area contributed by atoms with Crippen molar-refractivity contribution in [3.63, 3.8) is 0 Å². The molecule has 0 saturated carbocycles. The summed E-state index contributed by atoms with van der Waals surface area (Å²) in [5.41, 5.74) is 5.33. The highest BCUT2D eigenvalue weighted by Crippen LogP contribution is 2.47. The smallest absolute Gasteiger partial charge is 0.228 e. The zero-order valence-corrected chi connectivity index (χ0v) is 18.1. The predicted octanol–water partition coefficient (Wildman–Crippen LogP) is 5.12. The second-order valence-electron chi connectivity index (χ2n) is 8.49. The molecule has 0 saturated heterocycles. The minimum absolute atomic E-state index is 0.206. The summed E-state index contributed by atoms with van der Waals surface area (Å²) < 4.78 is 21.2. The number of allylic oxidation sites excluding steroid dienone is 1. The number of hydrogen-bond donors (Lipinski definition) is 1. The molecule has 2 atom stereocenters. The van der Waals surface area contributed by atoms with Crippen LogP contribution in [0.4, 0.5) is 16.2 Å². The number of anilines is 2. The molecule has 2 aromatic heterocycles. The van der Waals surface area contributed by atoms with E-state index in [0.717, 1.165) is 40.4 Å². The normalized spacial score (nSPS) is 18.1. The van der Waals surface area contributed by atoms with E-state index >= 15 is 0 Å². The quantitative estimate of drug-likeness (QED) is 0.468. The average molecular weight is 439 g/mol. The first-order chi connectivity index (χ1) is 16.1. The van der Waals surface area contributed by atoms with Crippen molar-refractivity contribution >= 4 is 17.8 Å². The number of ether oxygens (including phenoxy) is 1. The molecule has 6 rings (SSSR count). The largest absolute Gasteiger partial charge is 0.493 e. The van der Waals surface area contributed by atoms with Gasteiger partial charge < -0.3 is 10.1 Å². The Kier molecular flexibility index (Phi) is 4.68. The fourth-order valence-corrected chi connectivity index (χ4v) is 4.71. The molecule has 7 heteroatoms. The Hall–Kier alpha value is -4.00. The van der Waals surface area contributed by atoms with Gasteiger partial charge >= 0.3 is 0 Å². The molecule has 0 radical (unpaired) electrons. The van der Waals surface area contributed by atoms with Gasteiger partial charge in [0.15, 0.2) is 0 Å². The van der Waals surface area contributed by atoms with Crippen molar-refractivity contribution in [2.24, 2.45) is 13.0 Å². The van der Waals surface area contributed by atoms with Crippen molar-refractivity contribution in [2.45, 2.75) is 12.3 Å². The molecule has 2 aliphatic rings. The highest BCUT2D eigenvalue weighted by atomic mass is 19.1. The Morgan fingerprint density at radius 2 is 2.00 bits per heavy atom. The second kappa shape index (κ2) is 7.85. The zero-order chi connectivity index (χ0) is 22.4. The summed E-state index contributed by atoms with van der Waals surface area (Å²) >= 11 is 0. The third-order valence-corrected chi connectivity index (χ3v) is 6.37. The van der Waals surface area contributed by atoms with Crippen molar-refractivity contribution < 1.29 is 9.13 Å². The highest BCUT2D eigenvalue weighted by molar-refractivity contribution is 5.75. The number of nitrogens with zero attached hydrogens (tertiary/aromatic N) is 4. The van der Waals surface area contributed by atoms with E-state index < -0.39 is 0 Å². The number of nitrogens with one attached hydrogen (secondary N) is 1. The maximum Gasteiger partial charge on any atom is 0.228 e. The third kappa shape index (κ3) is 3.65. The molecule has 2 aromatic carbocycles. The van der Waals surface area contributed by atoms with Crippen LogP contribution in [0, 0.1) is 11.7 Å². The Balaban J connectivity index is 1.28. The lowest BCUT2D eigenvalue weighted by atomic mass is 9.81. The summed E-state index contributed by atoms with van der Waals surface area (Å²) in [4.78, 5) is 9.04. The number of hydrogen-bond acceptors (Lipinski definition) is 5. The molecular formula is C26H22FN5O. The van der Waals surface area contributed by atoms with E-state index in [1.807, 2.05) is 31.3 Å². The van der Waals surface area contributed by atoms with Gasteiger partial charge in [0.1, 0.15) is 17.4 Å². The van der Waals surface area contributed by atoms with Crippen LogP contribution in [-0.4, -0.2) is 26.4 Å². The van der Waals surface area contributed by atoms with Crippen LogP contribution in [0.3, 0.4) is 0 Å². The Bertz CT molecular complexity index is 1360. The summed E-state index contributed by atoms with van der Waals surface area (Å²) in [5.74, 6) is 2.66. The first-order valence-electron chi connectivity index (χ1n) is 11.0. The van der Waals surface area contributed by atoms with Crippen molar-refractivity contribution in [2.75, 3.05) is 11.9 Å². The number of benzene rings is 2. The van der Waals surface area contributed by atoms with Gasteiger partial charge in [-0.3, -0.25) is 4.68 Å². The number of aromatic nitrogens is 4. The van der Waals surface area contributed by atoms with E-state index in [9.17, 15) is 4.39 Å². The summed E-state index contributed by atoms with van der Waals surface area (Å²) in [6.07, 6.45) is 8.77. The van der Waals surface area contributed by atoms with Crippen LogP contribution in [-0.2, 0) is 13.5 Å². The Morgan fingerprint density at radius 1 is 1.12 bits per heavy atom. The monoisotopic (exact) mass is 439 g/mol. The second-order valence-corrected chi connectivity index (χ2v) is 8.49. The topological polar surface area (TPSA) is 64.9 Å². The summed E-state index contributed by atoms with van der Waals surface area (Å²) in [6.45, 7) is 0.624. The van der Waals surface area contributed by atoms with Gasteiger partial charge in [-0.15, -0.1) is 0 Å². The minimum atomic E-state index is -0.206. The van der Waals surface area contributed by atoms with E-state index in [4.69, 9.17) is 9.72 Å². The van der Waals surface area contributed by atoms with Crippen LogP contribution in [0.15, 0.2) is 67.0 Å². The van der Waals surface area contributed by atoms with Gasteiger partial charge in [-0.05, 0) is 47.9 Å². The molecule has 0 fully saturated rings. The molecule has 0 amide bonds. The fourth-order valence-electron chi connectivity index (χ4n) is 4.71.